The summed E-state index contributed by atoms with van der Waals surface area (Å²) in [4.78, 5) is 8.91. The number of pyridine rings is 2. The maximum atomic E-state index is 9.56. The van der Waals surface area contributed by atoms with E-state index in [1.54, 1.807) is 6.20 Å². The van der Waals surface area contributed by atoms with Crippen LogP contribution in [-0.2, 0) is 6.54 Å². The molecule has 0 bridgehead atoms. The minimum atomic E-state index is 0.605. The zero-order chi connectivity index (χ0) is 18.1. The lowest BCUT2D eigenvalue weighted by Crippen LogP contribution is -2.07. The summed E-state index contributed by atoms with van der Waals surface area (Å²) in [6.07, 6.45) is 1.79. The summed E-state index contributed by atoms with van der Waals surface area (Å²) in [5, 5.41) is 16.1. The van der Waals surface area contributed by atoms with Crippen LogP contribution in [0.15, 0.2) is 48.7 Å². The summed E-state index contributed by atoms with van der Waals surface area (Å²) >= 11 is 0. The molecule has 0 atom stereocenters. The van der Waals surface area contributed by atoms with Crippen LogP contribution < -0.4 is 10.6 Å². The first kappa shape index (κ1) is 15.9. The third-order valence-corrected chi connectivity index (χ3v) is 4.44. The Morgan fingerprint density at radius 2 is 2.04 bits per heavy atom. The number of hydrogen-bond acceptors (Lipinski definition) is 5. The maximum absolute atomic E-state index is 9.56. The number of benzene rings is 1. The largest absolute Gasteiger partial charge is 0.373 e. The number of nitrogens with one attached hydrogen (secondary N) is 2. The molecule has 4 aromatic rings. The molecule has 0 aliphatic heterocycles. The number of aryl methyl sites for hydroxylation is 1. The van der Waals surface area contributed by atoms with Crippen molar-refractivity contribution in [1.29, 1.82) is 5.26 Å². The van der Waals surface area contributed by atoms with Crippen molar-refractivity contribution in [2.75, 3.05) is 17.7 Å². The maximum Gasteiger partial charge on any atom is 0.157 e. The molecule has 0 saturated heterocycles. The normalized spacial score (nSPS) is 10.8. The van der Waals surface area contributed by atoms with E-state index in [0.29, 0.717) is 17.8 Å². The first-order chi connectivity index (χ1) is 12.7. The van der Waals surface area contributed by atoms with Crippen molar-refractivity contribution in [3.63, 3.8) is 0 Å². The lowest BCUT2D eigenvalue weighted by atomic mass is 10.1. The van der Waals surface area contributed by atoms with E-state index in [9.17, 15) is 5.26 Å². The number of aromatic nitrogens is 3. The molecule has 0 spiro atoms. The summed E-state index contributed by atoms with van der Waals surface area (Å²) in [6.45, 7) is 2.58. The van der Waals surface area contributed by atoms with Gasteiger partial charge in [-0.2, -0.15) is 5.26 Å². The first-order valence-electron chi connectivity index (χ1n) is 8.38. The minimum absolute atomic E-state index is 0.605. The van der Waals surface area contributed by atoms with Gasteiger partial charge in [-0.25, -0.2) is 9.97 Å². The fourth-order valence-electron chi connectivity index (χ4n) is 3.14. The van der Waals surface area contributed by atoms with Gasteiger partial charge in [0, 0.05) is 19.8 Å². The lowest BCUT2D eigenvalue weighted by molar-refractivity contribution is 1.07. The molecular weight excluding hydrogens is 324 g/mol. The van der Waals surface area contributed by atoms with Gasteiger partial charge in [-0.3, -0.25) is 4.40 Å². The molecule has 0 radical (unpaired) electrons. The molecule has 0 amide bonds. The predicted molar refractivity (Wildman–Crippen MR) is 103 cm³/mol. The molecule has 6 nitrogen and oxygen atoms in total. The fourth-order valence-corrected chi connectivity index (χ4v) is 3.14. The van der Waals surface area contributed by atoms with Gasteiger partial charge in [-0.05, 0) is 48.4 Å². The Labute approximate surface area is 151 Å². The summed E-state index contributed by atoms with van der Waals surface area (Å²) < 4.78 is 2.01. The highest BCUT2D eigenvalue weighted by atomic mass is 15.1. The average Bonchev–Trinajstić information content (AvgIpc) is 3.05. The molecule has 0 saturated carbocycles. The van der Waals surface area contributed by atoms with E-state index in [1.807, 2.05) is 60.8 Å². The Morgan fingerprint density at radius 3 is 2.85 bits per heavy atom. The molecule has 0 aliphatic carbocycles. The van der Waals surface area contributed by atoms with Gasteiger partial charge in [-0.15, -0.1) is 0 Å². The Bertz CT molecular complexity index is 1150. The van der Waals surface area contributed by atoms with E-state index in [-0.39, 0.29) is 0 Å². The van der Waals surface area contributed by atoms with E-state index in [4.69, 9.17) is 0 Å². The van der Waals surface area contributed by atoms with Crippen molar-refractivity contribution < 1.29 is 0 Å². The quantitative estimate of drug-likeness (QED) is 0.591. The molecule has 3 heterocycles. The van der Waals surface area contributed by atoms with Gasteiger partial charge in [-0.1, -0.05) is 12.1 Å². The molecule has 0 unspecified atom stereocenters. The standard InChI is InChI=1S/C20H18N6/c1-13-9-19(24-12-14-7-8-23-18(10-14)22-2)26-17-6-4-3-5-16(17)25-20(26)15(13)11-21/h3-10,24H,12H2,1-2H3,(H,22,23). The lowest BCUT2D eigenvalue weighted by Gasteiger charge is -2.13. The van der Waals surface area contributed by atoms with Gasteiger partial charge in [0.1, 0.15) is 17.7 Å². The Morgan fingerprint density at radius 1 is 1.19 bits per heavy atom. The van der Waals surface area contributed by atoms with Gasteiger partial charge >= 0.3 is 0 Å². The second kappa shape index (κ2) is 6.37. The molecule has 1 aromatic carbocycles. The van der Waals surface area contributed by atoms with Crippen molar-refractivity contribution in [2.24, 2.45) is 0 Å². The highest BCUT2D eigenvalue weighted by Gasteiger charge is 2.14. The molecule has 26 heavy (non-hydrogen) atoms. The number of hydrogen-bond donors (Lipinski definition) is 2. The van der Waals surface area contributed by atoms with Crippen LogP contribution in [-0.4, -0.2) is 21.4 Å². The van der Waals surface area contributed by atoms with Gasteiger partial charge in [0.2, 0.25) is 0 Å². The van der Waals surface area contributed by atoms with Gasteiger partial charge in [0.25, 0.3) is 0 Å². The van der Waals surface area contributed by atoms with Crippen LogP contribution in [0.4, 0.5) is 11.6 Å². The second-order valence-corrected chi connectivity index (χ2v) is 6.11. The Hall–Kier alpha value is -3.59. The number of nitriles is 1. The van der Waals surface area contributed by atoms with E-state index in [0.717, 1.165) is 33.8 Å². The third-order valence-electron chi connectivity index (χ3n) is 4.44. The molecule has 3 aromatic heterocycles. The fraction of sp³-hybridized carbons (Fsp3) is 0.150. The summed E-state index contributed by atoms with van der Waals surface area (Å²) in [5.41, 5.74) is 5.16. The molecule has 0 fully saturated rings. The predicted octanol–water partition coefficient (Wildman–Crippen LogP) is 3.72. The van der Waals surface area contributed by atoms with E-state index >= 15 is 0 Å². The average molecular weight is 342 g/mol. The van der Waals surface area contributed by atoms with Crippen molar-refractivity contribution in [3.05, 3.63) is 65.4 Å². The van der Waals surface area contributed by atoms with Crippen molar-refractivity contribution >= 4 is 28.3 Å². The SMILES string of the molecule is CNc1cc(CNc2cc(C)c(C#N)c3nc4ccccc4n23)ccn1. The van der Waals surface area contributed by atoms with Crippen LogP contribution in [0.2, 0.25) is 0 Å². The van der Waals surface area contributed by atoms with E-state index in [2.05, 4.69) is 26.7 Å². The highest BCUT2D eigenvalue weighted by Crippen LogP contribution is 2.26. The topological polar surface area (TPSA) is 78.0 Å². The number of nitrogens with zero attached hydrogens (tertiary/aromatic N) is 4. The zero-order valence-corrected chi connectivity index (χ0v) is 14.6. The van der Waals surface area contributed by atoms with Crippen LogP contribution in [0.1, 0.15) is 16.7 Å². The first-order valence-corrected chi connectivity index (χ1v) is 8.38. The third kappa shape index (κ3) is 2.60. The molecule has 4 rings (SSSR count). The summed E-state index contributed by atoms with van der Waals surface area (Å²) in [7, 11) is 1.85. The van der Waals surface area contributed by atoms with Crippen LogP contribution in [0, 0.1) is 18.3 Å². The number of para-hydroxylation sites is 2. The smallest absolute Gasteiger partial charge is 0.157 e. The second-order valence-electron chi connectivity index (χ2n) is 6.11. The highest BCUT2D eigenvalue weighted by molar-refractivity contribution is 5.85. The number of anilines is 2. The summed E-state index contributed by atoms with van der Waals surface area (Å²) in [6, 6.07) is 16.2. The van der Waals surface area contributed by atoms with Gasteiger partial charge in [0.15, 0.2) is 5.65 Å². The molecule has 0 aliphatic rings. The van der Waals surface area contributed by atoms with Crippen LogP contribution in [0.25, 0.3) is 16.7 Å². The summed E-state index contributed by atoms with van der Waals surface area (Å²) in [5.74, 6) is 1.74. The Kier molecular flexibility index (Phi) is 3.90. The molecule has 6 heteroatoms. The number of rotatable bonds is 4. The van der Waals surface area contributed by atoms with Gasteiger partial charge in [0.05, 0.1) is 16.6 Å². The van der Waals surface area contributed by atoms with Crippen LogP contribution >= 0.6 is 0 Å². The van der Waals surface area contributed by atoms with Gasteiger partial charge < -0.3 is 10.6 Å². The molecule has 128 valence electrons. The van der Waals surface area contributed by atoms with Crippen molar-refractivity contribution in [1.82, 2.24) is 14.4 Å². The monoisotopic (exact) mass is 342 g/mol. The van der Waals surface area contributed by atoms with Crippen LogP contribution in [0.5, 0.6) is 0 Å². The van der Waals surface area contributed by atoms with Crippen molar-refractivity contribution in [2.45, 2.75) is 13.5 Å². The Balaban J connectivity index is 1.82. The van der Waals surface area contributed by atoms with Crippen molar-refractivity contribution in [3.8, 4) is 6.07 Å². The van der Waals surface area contributed by atoms with E-state index in [1.165, 1.54) is 0 Å². The number of fused-ring (bicyclic) bond motifs is 3. The molecular formula is C20H18N6. The van der Waals surface area contributed by atoms with E-state index < -0.39 is 0 Å². The zero-order valence-electron chi connectivity index (χ0n) is 14.6. The number of imidazole rings is 1. The molecule has 2 N–H and O–H groups in total. The van der Waals surface area contributed by atoms with Crippen LogP contribution in [0.3, 0.4) is 0 Å². The minimum Gasteiger partial charge on any atom is -0.373 e.